The highest BCUT2D eigenvalue weighted by Crippen LogP contribution is 2.31. The van der Waals surface area contributed by atoms with Gasteiger partial charge in [0.2, 0.25) is 0 Å². The molecule has 0 saturated heterocycles. The summed E-state index contributed by atoms with van der Waals surface area (Å²) in [6, 6.07) is 7.32. The van der Waals surface area contributed by atoms with Crippen molar-refractivity contribution in [2.45, 2.75) is 6.54 Å². The number of pyridine rings is 1. The van der Waals surface area contributed by atoms with Crippen molar-refractivity contribution in [1.82, 2.24) is 4.98 Å². The fourth-order valence-corrected chi connectivity index (χ4v) is 2.27. The molecule has 0 saturated carbocycles. The summed E-state index contributed by atoms with van der Waals surface area (Å²) in [7, 11) is 1.68. The fourth-order valence-electron chi connectivity index (χ4n) is 2.27. The summed E-state index contributed by atoms with van der Waals surface area (Å²) in [6.45, 7) is 0.386. The third-order valence-corrected chi connectivity index (χ3v) is 3.33. The summed E-state index contributed by atoms with van der Waals surface area (Å²) in [4.78, 5) is 19.5. The molecule has 2 amide bonds. The van der Waals surface area contributed by atoms with E-state index < -0.39 is 0 Å². The molecule has 0 aliphatic carbocycles. The summed E-state index contributed by atoms with van der Waals surface area (Å²) in [5.74, 6) is 0.0417. The van der Waals surface area contributed by atoms with Gasteiger partial charge in [-0.15, -0.1) is 0 Å². The van der Waals surface area contributed by atoms with Crippen LogP contribution in [0.3, 0.4) is 0 Å². The standard InChI is InChI=1S/C14H13FN4O/c1-18-12-6-13(16)17-7-9(12)8-19(14(18)20)11-4-2-10(15)3-5-11/h2-7H,8H2,1H3,(H2,16,17). The minimum absolute atomic E-state index is 0.185. The summed E-state index contributed by atoms with van der Waals surface area (Å²) >= 11 is 0. The maximum atomic E-state index is 13.0. The van der Waals surface area contributed by atoms with Crippen LogP contribution in [-0.4, -0.2) is 18.1 Å². The van der Waals surface area contributed by atoms with Crippen LogP contribution in [-0.2, 0) is 6.54 Å². The molecule has 6 heteroatoms. The summed E-state index contributed by atoms with van der Waals surface area (Å²) in [5, 5.41) is 0. The van der Waals surface area contributed by atoms with E-state index in [0.717, 1.165) is 11.3 Å². The van der Waals surface area contributed by atoms with Crippen LogP contribution in [0.4, 0.5) is 26.4 Å². The third kappa shape index (κ3) is 1.95. The quantitative estimate of drug-likeness (QED) is 0.867. The van der Waals surface area contributed by atoms with E-state index in [1.54, 1.807) is 36.3 Å². The molecule has 102 valence electrons. The molecule has 0 radical (unpaired) electrons. The van der Waals surface area contributed by atoms with Crippen LogP contribution in [0.1, 0.15) is 5.56 Å². The van der Waals surface area contributed by atoms with Crippen molar-refractivity contribution in [3.8, 4) is 0 Å². The zero-order valence-corrected chi connectivity index (χ0v) is 10.9. The monoisotopic (exact) mass is 272 g/mol. The van der Waals surface area contributed by atoms with Crippen molar-refractivity contribution >= 4 is 23.2 Å². The molecule has 0 bridgehead atoms. The maximum Gasteiger partial charge on any atom is 0.329 e. The smallest absolute Gasteiger partial charge is 0.329 e. The number of benzene rings is 1. The van der Waals surface area contributed by atoms with Gasteiger partial charge in [0.15, 0.2) is 0 Å². The minimum Gasteiger partial charge on any atom is -0.384 e. The van der Waals surface area contributed by atoms with Gasteiger partial charge < -0.3 is 5.73 Å². The molecule has 1 aromatic heterocycles. The highest BCUT2D eigenvalue weighted by molar-refractivity contribution is 6.05. The second-order valence-electron chi connectivity index (χ2n) is 4.64. The topological polar surface area (TPSA) is 62.5 Å². The summed E-state index contributed by atoms with van der Waals surface area (Å²) in [6.07, 6.45) is 1.66. The number of hydrogen-bond donors (Lipinski definition) is 1. The number of urea groups is 1. The van der Waals surface area contributed by atoms with Crippen molar-refractivity contribution in [2.75, 3.05) is 22.6 Å². The number of nitrogens with zero attached hydrogens (tertiary/aromatic N) is 3. The van der Waals surface area contributed by atoms with Gasteiger partial charge in [-0.1, -0.05) is 0 Å². The molecule has 0 unspecified atom stereocenters. The van der Waals surface area contributed by atoms with Gasteiger partial charge in [-0.3, -0.25) is 9.80 Å². The normalized spacial score (nSPS) is 14.4. The number of nitrogen functional groups attached to an aromatic ring is 1. The van der Waals surface area contributed by atoms with E-state index in [0.29, 0.717) is 18.1 Å². The number of carbonyl (C=O) groups excluding carboxylic acids is 1. The van der Waals surface area contributed by atoms with Crippen molar-refractivity contribution in [2.24, 2.45) is 0 Å². The Morgan fingerprint density at radius 2 is 2.00 bits per heavy atom. The number of fused-ring (bicyclic) bond motifs is 1. The first-order valence-corrected chi connectivity index (χ1v) is 6.11. The molecule has 0 atom stereocenters. The van der Waals surface area contributed by atoms with Crippen LogP contribution in [0.25, 0.3) is 0 Å². The Labute approximate surface area is 115 Å². The van der Waals surface area contributed by atoms with E-state index >= 15 is 0 Å². The molecule has 20 heavy (non-hydrogen) atoms. The third-order valence-electron chi connectivity index (χ3n) is 3.33. The van der Waals surface area contributed by atoms with Gasteiger partial charge in [0.25, 0.3) is 0 Å². The number of nitrogens with two attached hydrogens (primary N) is 1. The van der Waals surface area contributed by atoms with Crippen molar-refractivity contribution in [3.63, 3.8) is 0 Å². The number of amides is 2. The van der Waals surface area contributed by atoms with Crippen LogP contribution in [0, 0.1) is 5.82 Å². The van der Waals surface area contributed by atoms with E-state index in [4.69, 9.17) is 5.73 Å². The summed E-state index contributed by atoms with van der Waals surface area (Å²) < 4.78 is 13.0. The second-order valence-corrected chi connectivity index (χ2v) is 4.64. The summed E-state index contributed by atoms with van der Waals surface area (Å²) in [5.41, 5.74) is 7.94. The van der Waals surface area contributed by atoms with Crippen LogP contribution in [0.5, 0.6) is 0 Å². The molecule has 3 rings (SSSR count). The van der Waals surface area contributed by atoms with Gasteiger partial charge in [-0.2, -0.15) is 0 Å². The van der Waals surface area contributed by atoms with E-state index in [-0.39, 0.29) is 11.8 Å². The first-order valence-electron chi connectivity index (χ1n) is 6.11. The van der Waals surface area contributed by atoms with Gasteiger partial charge in [-0.25, -0.2) is 14.2 Å². The zero-order valence-electron chi connectivity index (χ0n) is 10.9. The van der Waals surface area contributed by atoms with Crippen molar-refractivity contribution in [3.05, 3.63) is 47.9 Å². The lowest BCUT2D eigenvalue weighted by Crippen LogP contribution is -2.45. The number of carbonyl (C=O) groups is 1. The molecule has 0 spiro atoms. The number of aromatic nitrogens is 1. The molecular weight excluding hydrogens is 259 g/mol. The second kappa shape index (κ2) is 4.48. The molecule has 2 aromatic rings. The first kappa shape index (κ1) is 12.4. The number of hydrogen-bond acceptors (Lipinski definition) is 3. The molecule has 0 fully saturated rings. The van der Waals surface area contributed by atoms with Crippen molar-refractivity contribution in [1.29, 1.82) is 0 Å². The highest BCUT2D eigenvalue weighted by atomic mass is 19.1. The maximum absolute atomic E-state index is 13.0. The lowest BCUT2D eigenvalue weighted by molar-refractivity contribution is 0.251. The van der Waals surface area contributed by atoms with Crippen molar-refractivity contribution < 1.29 is 9.18 Å². The van der Waals surface area contributed by atoms with Crippen LogP contribution in [0.15, 0.2) is 36.5 Å². The van der Waals surface area contributed by atoms with Crippen LogP contribution >= 0.6 is 0 Å². The molecular formula is C14H13FN4O. The molecule has 1 aliphatic heterocycles. The predicted molar refractivity (Wildman–Crippen MR) is 75.0 cm³/mol. The van der Waals surface area contributed by atoms with Crippen LogP contribution in [0.2, 0.25) is 0 Å². The molecule has 1 aliphatic rings. The zero-order chi connectivity index (χ0) is 14.3. The highest BCUT2D eigenvalue weighted by Gasteiger charge is 2.29. The Bertz CT molecular complexity index is 671. The SMILES string of the molecule is CN1C(=O)N(c2ccc(F)cc2)Cc2cnc(N)cc21. The average molecular weight is 272 g/mol. The Kier molecular flexibility index (Phi) is 2.78. The fraction of sp³-hybridized carbons (Fsp3) is 0.143. The number of rotatable bonds is 1. The lowest BCUT2D eigenvalue weighted by atomic mass is 10.1. The number of halogens is 1. The van der Waals surface area contributed by atoms with Crippen LogP contribution < -0.4 is 15.5 Å². The van der Waals surface area contributed by atoms with E-state index in [1.807, 2.05) is 0 Å². The first-order chi connectivity index (χ1) is 9.56. The largest absolute Gasteiger partial charge is 0.384 e. The van der Waals surface area contributed by atoms with Gasteiger partial charge in [-0.05, 0) is 24.3 Å². The lowest BCUT2D eigenvalue weighted by Gasteiger charge is -2.34. The van der Waals surface area contributed by atoms with E-state index in [2.05, 4.69) is 4.98 Å². The Morgan fingerprint density at radius 1 is 1.30 bits per heavy atom. The van der Waals surface area contributed by atoms with E-state index in [9.17, 15) is 9.18 Å². The molecule has 2 heterocycles. The molecule has 1 aromatic carbocycles. The number of anilines is 3. The Hall–Kier alpha value is -2.63. The minimum atomic E-state index is -0.332. The van der Waals surface area contributed by atoms with Gasteiger partial charge in [0.1, 0.15) is 11.6 Å². The molecule has 5 nitrogen and oxygen atoms in total. The Morgan fingerprint density at radius 3 is 2.70 bits per heavy atom. The van der Waals surface area contributed by atoms with Gasteiger partial charge in [0.05, 0.1) is 12.2 Å². The predicted octanol–water partition coefficient (Wildman–Crippen LogP) is 2.38. The average Bonchev–Trinajstić information content (AvgIpc) is 2.44. The van der Waals surface area contributed by atoms with E-state index in [1.165, 1.54) is 17.0 Å². The van der Waals surface area contributed by atoms with Gasteiger partial charge >= 0.3 is 6.03 Å². The molecule has 2 N–H and O–H groups in total. The Balaban J connectivity index is 2.02. The van der Waals surface area contributed by atoms with Gasteiger partial charge in [0, 0.05) is 30.6 Å².